The number of benzene rings is 2. The monoisotopic (exact) mass is 304 g/mol. The predicted molar refractivity (Wildman–Crippen MR) is 85.1 cm³/mol. The lowest BCUT2D eigenvalue weighted by Gasteiger charge is -2.16. The lowest BCUT2D eigenvalue weighted by Crippen LogP contribution is -2.15. The van der Waals surface area contributed by atoms with Crippen LogP contribution in [-0.4, -0.2) is 27.2 Å². The molecule has 0 spiro atoms. The molecule has 0 fully saturated rings. The molecule has 2 aromatic carbocycles. The Kier molecular flexibility index (Phi) is 6.26. The fourth-order valence-corrected chi connectivity index (χ4v) is 2.89. The summed E-state index contributed by atoms with van der Waals surface area (Å²) in [5.74, 6) is 0.551. The highest BCUT2D eigenvalue weighted by Gasteiger charge is 2.14. The predicted octanol–water partition coefficient (Wildman–Crippen LogP) is 2.76. The van der Waals surface area contributed by atoms with Crippen LogP contribution < -0.4 is 0 Å². The third kappa shape index (κ3) is 5.17. The zero-order valence-electron chi connectivity index (χ0n) is 11.7. The highest BCUT2D eigenvalue weighted by atomic mass is 32.2. The van der Waals surface area contributed by atoms with Crippen molar-refractivity contribution in [2.75, 3.05) is 5.75 Å². The van der Waals surface area contributed by atoms with E-state index in [4.69, 9.17) is 5.11 Å². The Balaban J connectivity index is 1.82. The number of rotatable bonds is 7. The van der Waals surface area contributed by atoms with Crippen LogP contribution >= 0.6 is 11.8 Å². The van der Waals surface area contributed by atoms with Crippen LogP contribution in [0.3, 0.4) is 0 Å². The van der Waals surface area contributed by atoms with E-state index in [1.165, 1.54) is 0 Å². The zero-order valence-corrected chi connectivity index (χ0v) is 12.5. The van der Waals surface area contributed by atoms with Crippen molar-refractivity contribution in [3.63, 3.8) is 0 Å². The van der Waals surface area contributed by atoms with E-state index >= 15 is 0 Å². The first-order chi connectivity index (χ1) is 10.2. The maximum absolute atomic E-state index is 10.1. The third-order valence-corrected chi connectivity index (χ3v) is 4.38. The molecule has 21 heavy (non-hydrogen) atoms. The molecule has 3 nitrogen and oxygen atoms in total. The summed E-state index contributed by atoms with van der Waals surface area (Å²) in [5.41, 5.74) is 1.57. The number of aliphatic hydroxyl groups excluding tert-OH is 3. The van der Waals surface area contributed by atoms with Gasteiger partial charge in [0.1, 0.15) is 0 Å². The van der Waals surface area contributed by atoms with E-state index in [1.807, 2.05) is 30.3 Å². The highest BCUT2D eigenvalue weighted by molar-refractivity contribution is 7.99. The molecule has 0 saturated heterocycles. The van der Waals surface area contributed by atoms with Crippen molar-refractivity contribution in [1.82, 2.24) is 0 Å². The molecular formula is C17H20O3S. The summed E-state index contributed by atoms with van der Waals surface area (Å²) in [7, 11) is 0. The van der Waals surface area contributed by atoms with Gasteiger partial charge in [0.25, 0.3) is 0 Å². The zero-order chi connectivity index (χ0) is 15.1. The van der Waals surface area contributed by atoms with Gasteiger partial charge in [0.05, 0.1) is 18.8 Å². The van der Waals surface area contributed by atoms with Crippen molar-refractivity contribution in [2.24, 2.45) is 0 Å². The van der Waals surface area contributed by atoms with E-state index in [1.54, 1.807) is 36.0 Å². The summed E-state index contributed by atoms with van der Waals surface area (Å²) in [6, 6.07) is 17.0. The number of hydrogen-bond acceptors (Lipinski definition) is 4. The van der Waals surface area contributed by atoms with E-state index in [0.29, 0.717) is 12.2 Å². The molecule has 4 heteroatoms. The molecule has 0 bridgehead atoms. The maximum atomic E-state index is 10.1. The summed E-state index contributed by atoms with van der Waals surface area (Å²) in [4.78, 5) is 1.11. The second-order valence-electron chi connectivity index (χ2n) is 4.93. The molecule has 0 heterocycles. The highest BCUT2D eigenvalue weighted by Crippen LogP contribution is 2.23. The fraction of sp³-hybridized carbons (Fsp3) is 0.294. The fourth-order valence-electron chi connectivity index (χ4n) is 2.02. The average molecular weight is 304 g/mol. The van der Waals surface area contributed by atoms with E-state index in [0.717, 1.165) is 16.0 Å². The van der Waals surface area contributed by atoms with Crippen LogP contribution in [0.15, 0.2) is 59.5 Å². The molecule has 3 N–H and O–H groups in total. The van der Waals surface area contributed by atoms with Crippen LogP contribution in [0.4, 0.5) is 0 Å². The van der Waals surface area contributed by atoms with Gasteiger partial charge in [0.2, 0.25) is 0 Å². The second kappa shape index (κ2) is 8.20. The first kappa shape index (κ1) is 16.0. The van der Waals surface area contributed by atoms with Gasteiger partial charge in [0, 0.05) is 17.1 Å². The lowest BCUT2D eigenvalue weighted by molar-refractivity contribution is 0.0931. The minimum absolute atomic E-state index is 0.00723. The molecule has 2 atom stereocenters. The van der Waals surface area contributed by atoms with Crippen molar-refractivity contribution < 1.29 is 15.3 Å². The van der Waals surface area contributed by atoms with Gasteiger partial charge in [-0.1, -0.05) is 42.5 Å². The largest absolute Gasteiger partial charge is 0.392 e. The van der Waals surface area contributed by atoms with Gasteiger partial charge in [-0.05, 0) is 23.3 Å². The molecule has 2 rings (SSSR count). The van der Waals surface area contributed by atoms with E-state index in [2.05, 4.69) is 0 Å². The van der Waals surface area contributed by atoms with Crippen LogP contribution in [0.1, 0.15) is 23.7 Å². The number of aliphatic hydroxyl groups is 3. The van der Waals surface area contributed by atoms with Crippen molar-refractivity contribution in [1.29, 1.82) is 0 Å². The molecule has 0 amide bonds. The molecular weight excluding hydrogens is 284 g/mol. The van der Waals surface area contributed by atoms with E-state index in [9.17, 15) is 10.2 Å². The summed E-state index contributed by atoms with van der Waals surface area (Å²) in [6.07, 6.45) is -0.954. The molecule has 0 aliphatic carbocycles. The number of thioether (sulfide) groups is 1. The molecule has 0 aliphatic heterocycles. The number of hydrogen-bond donors (Lipinski definition) is 3. The Hall–Kier alpha value is -1.33. The van der Waals surface area contributed by atoms with Gasteiger partial charge in [-0.3, -0.25) is 0 Å². The summed E-state index contributed by atoms with van der Waals surface area (Å²) in [5, 5.41) is 29.1. The third-order valence-electron chi connectivity index (χ3n) is 3.23. The molecule has 2 aromatic rings. The quantitative estimate of drug-likeness (QED) is 0.688. The minimum atomic E-state index is -0.691. The van der Waals surface area contributed by atoms with E-state index < -0.39 is 12.2 Å². The Bertz CT molecular complexity index is 527. The topological polar surface area (TPSA) is 60.7 Å². The van der Waals surface area contributed by atoms with Crippen molar-refractivity contribution in [2.45, 2.75) is 30.1 Å². The van der Waals surface area contributed by atoms with Crippen LogP contribution in [0.5, 0.6) is 0 Å². The average Bonchev–Trinajstić information content (AvgIpc) is 2.54. The van der Waals surface area contributed by atoms with Gasteiger partial charge in [-0.15, -0.1) is 11.8 Å². The molecule has 0 aromatic heterocycles. The van der Waals surface area contributed by atoms with Crippen molar-refractivity contribution in [3.8, 4) is 0 Å². The van der Waals surface area contributed by atoms with E-state index in [-0.39, 0.29) is 6.61 Å². The van der Waals surface area contributed by atoms with Crippen LogP contribution in [0.2, 0.25) is 0 Å². The SMILES string of the molecule is OCc1ccc(C(O)CC(O)CSc2ccccc2)cc1. The van der Waals surface area contributed by atoms with Gasteiger partial charge in [0.15, 0.2) is 0 Å². The standard InChI is InChI=1S/C17H20O3S/c18-11-13-6-8-14(9-7-13)17(20)10-15(19)12-21-16-4-2-1-3-5-16/h1-9,15,17-20H,10-12H2. The van der Waals surface area contributed by atoms with Crippen LogP contribution in [-0.2, 0) is 6.61 Å². The van der Waals surface area contributed by atoms with Crippen LogP contribution in [0, 0.1) is 0 Å². The summed E-state index contributed by atoms with van der Waals surface area (Å²) >= 11 is 1.58. The molecule has 0 radical (unpaired) electrons. The van der Waals surface area contributed by atoms with Crippen LogP contribution in [0.25, 0.3) is 0 Å². The first-order valence-corrected chi connectivity index (χ1v) is 7.91. The lowest BCUT2D eigenvalue weighted by atomic mass is 10.0. The molecule has 0 saturated carbocycles. The Morgan fingerprint density at radius 3 is 2.19 bits per heavy atom. The molecule has 2 unspecified atom stereocenters. The Labute approximate surface area is 129 Å². The summed E-state index contributed by atoms with van der Waals surface area (Å²) < 4.78 is 0. The normalized spacial score (nSPS) is 13.9. The van der Waals surface area contributed by atoms with Gasteiger partial charge in [-0.2, -0.15) is 0 Å². The summed E-state index contributed by atoms with van der Waals surface area (Å²) in [6.45, 7) is -0.00723. The smallest absolute Gasteiger partial charge is 0.0815 e. The van der Waals surface area contributed by atoms with Gasteiger partial charge in [-0.25, -0.2) is 0 Å². The van der Waals surface area contributed by atoms with Crippen molar-refractivity contribution >= 4 is 11.8 Å². The maximum Gasteiger partial charge on any atom is 0.0815 e. The molecule has 0 aliphatic rings. The van der Waals surface area contributed by atoms with Gasteiger partial charge >= 0.3 is 0 Å². The molecule has 112 valence electrons. The van der Waals surface area contributed by atoms with Crippen molar-refractivity contribution in [3.05, 3.63) is 65.7 Å². The second-order valence-corrected chi connectivity index (χ2v) is 6.02. The minimum Gasteiger partial charge on any atom is -0.392 e. The Morgan fingerprint density at radius 1 is 0.905 bits per heavy atom. The Morgan fingerprint density at radius 2 is 1.57 bits per heavy atom. The first-order valence-electron chi connectivity index (χ1n) is 6.92. The van der Waals surface area contributed by atoms with Gasteiger partial charge < -0.3 is 15.3 Å².